The van der Waals surface area contributed by atoms with Crippen LogP contribution in [0.2, 0.25) is 0 Å². The SMILES string of the molecule is CNCCCn1cnc(-c2ccccc2)c1/C=C/c1ccc(F)cc1.Cl.Cl. The van der Waals surface area contributed by atoms with Crippen LogP contribution >= 0.6 is 24.8 Å². The molecule has 0 aliphatic carbocycles. The summed E-state index contributed by atoms with van der Waals surface area (Å²) in [6.07, 6.45) is 6.97. The van der Waals surface area contributed by atoms with Crippen molar-refractivity contribution in [3.05, 3.63) is 78.0 Å². The number of imidazole rings is 1. The van der Waals surface area contributed by atoms with Gasteiger partial charge in [-0.15, -0.1) is 24.8 Å². The van der Waals surface area contributed by atoms with E-state index in [0.29, 0.717) is 0 Å². The van der Waals surface area contributed by atoms with Crippen molar-refractivity contribution in [3.63, 3.8) is 0 Å². The van der Waals surface area contributed by atoms with Crippen LogP contribution in [-0.2, 0) is 6.54 Å². The fourth-order valence-electron chi connectivity index (χ4n) is 2.74. The van der Waals surface area contributed by atoms with Crippen molar-refractivity contribution in [2.24, 2.45) is 0 Å². The van der Waals surface area contributed by atoms with Gasteiger partial charge in [-0.25, -0.2) is 9.37 Å². The molecule has 0 spiro atoms. The van der Waals surface area contributed by atoms with Gasteiger partial charge in [-0.05, 0) is 43.8 Å². The summed E-state index contributed by atoms with van der Waals surface area (Å²) in [5, 5.41) is 3.17. The van der Waals surface area contributed by atoms with Crippen LogP contribution in [0, 0.1) is 5.82 Å². The fourth-order valence-corrected chi connectivity index (χ4v) is 2.74. The monoisotopic (exact) mass is 407 g/mol. The van der Waals surface area contributed by atoms with Gasteiger partial charge >= 0.3 is 0 Å². The van der Waals surface area contributed by atoms with Crippen molar-refractivity contribution in [2.45, 2.75) is 13.0 Å². The summed E-state index contributed by atoms with van der Waals surface area (Å²) in [5.41, 5.74) is 4.08. The highest BCUT2D eigenvalue weighted by molar-refractivity contribution is 5.85. The van der Waals surface area contributed by atoms with Gasteiger partial charge in [0, 0.05) is 12.1 Å². The minimum absolute atomic E-state index is 0. The zero-order valence-electron chi connectivity index (χ0n) is 15.1. The van der Waals surface area contributed by atoms with Crippen LogP contribution < -0.4 is 5.32 Å². The highest BCUT2D eigenvalue weighted by atomic mass is 35.5. The maximum absolute atomic E-state index is 13.1. The molecule has 1 N–H and O–H groups in total. The van der Waals surface area contributed by atoms with E-state index in [9.17, 15) is 4.39 Å². The van der Waals surface area contributed by atoms with Crippen LogP contribution in [0.15, 0.2) is 60.9 Å². The molecule has 0 fully saturated rings. The summed E-state index contributed by atoms with van der Waals surface area (Å²) in [5.74, 6) is -0.223. The number of hydrogen-bond donors (Lipinski definition) is 1. The lowest BCUT2D eigenvalue weighted by atomic mass is 10.1. The molecule has 144 valence electrons. The Balaban J connectivity index is 0.00000182. The smallest absolute Gasteiger partial charge is 0.123 e. The van der Waals surface area contributed by atoms with Crippen molar-refractivity contribution >= 4 is 37.0 Å². The van der Waals surface area contributed by atoms with Gasteiger partial charge < -0.3 is 9.88 Å². The molecule has 1 aromatic heterocycles. The third-order valence-electron chi connectivity index (χ3n) is 4.05. The first-order valence-corrected chi connectivity index (χ1v) is 8.47. The molecule has 0 saturated heterocycles. The summed E-state index contributed by atoms with van der Waals surface area (Å²) in [4.78, 5) is 4.62. The third kappa shape index (κ3) is 6.21. The molecular weight excluding hydrogens is 384 g/mol. The lowest BCUT2D eigenvalue weighted by Crippen LogP contribution is -2.11. The second kappa shape index (κ2) is 11.5. The summed E-state index contributed by atoms with van der Waals surface area (Å²) >= 11 is 0. The number of aromatic nitrogens is 2. The van der Waals surface area contributed by atoms with Crippen LogP contribution in [0.5, 0.6) is 0 Å². The van der Waals surface area contributed by atoms with E-state index in [-0.39, 0.29) is 30.6 Å². The molecule has 3 aromatic rings. The fraction of sp³-hybridized carbons (Fsp3) is 0.190. The molecule has 6 heteroatoms. The Hall–Kier alpha value is -2.14. The molecule has 1 heterocycles. The number of aryl methyl sites for hydroxylation is 1. The van der Waals surface area contributed by atoms with Crippen molar-refractivity contribution in [3.8, 4) is 11.3 Å². The topological polar surface area (TPSA) is 29.9 Å². The second-order valence-electron chi connectivity index (χ2n) is 5.88. The van der Waals surface area contributed by atoms with Gasteiger partial charge in [-0.2, -0.15) is 0 Å². The van der Waals surface area contributed by atoms with E-state index in [0.717, 1.165) is 42.0 Å². The summed E-state index contributed by atoms with van der Waals surface area (Å²) in [7, 11) is 1.96. The first kappa shape index (κ1) is 22.9. The Kier molecular flexibility index (Phi) is 9.79. The predicted molar refractivity (Wildman–Crippen MR) is 116 cm³/mol. The number of nitrogens with zero attached hydrogens (tertiary/aromatic N) is 2. The summed E-state index contributed by atoms with van der Waals surface area (Å²) in [6.45, 7) is 1.85. The van der Waals surface area contributed by atoms with E-state index >= 15 is 0 Å². The van der Waals surface area contributed by atoms with Gasteiger partial charge in [0.2, 0.25) is 0 Å². The number of halogens is 3. The second-order valence-corrected chi connectivity index (χ2v) is 5.88. The van der Waals surface area contributed by atoms with E-state index in [4.69, 9.17) is 0 Å². The molecule has 2 aromatic carbocycles. The maximum atomic E-state index is 13.1. The van der Waals surface area contributed by atoms with E-state index in [1.807, 2.05) is 37.7 Å². The van der Waals surface area contributed by atoms with Crippen molar-refractivity contribution < 1.29 is 4.39 Å². The molecule has 3 nitrogen and oxygen atoms in total. The van der Waals surface area contributed by atoms with Gasteiger partial charge in [0.25, 0.3) is 0 Å². The molecule has 0 unspecified atom stereocenters. The number of rotatable bonds is 7. The largest absolute Gasteiger partial charge is 0.331 e. The normalized spacial score (nSPS) is 10.4. The molecule has 0 aliphatic rings. The first-order valence-electron chi connectivity index (χ1n) is 8.47. The molecule has 27 heavy (non-hydrogen) atoms. The van der Waals surface area contributed by atoms with Crippen molar-refractivity contribution in [1.29, 1.82) is 0 Å². The maximum Gasteiger partial charge on any atom is 0.123 e. The van der Waals surface area contributed by atoms with Crippen LogP contribution in [-0.4, -0.2) is 23.1 Å². The van der Waals surface area contributed by atoms with Crippen LogP contribution in [0.25, 0.3) is 23.4 Å². The van der Waals surface area contributed by atoms with Gasteiger partial charge in [-0.3, -0.25) is 0 Å². The number of nitrogens with one attached hydrogen (secondary N) is 1. The third-order valence-corrected chi connectivity index (χ3v) is 4.05. The van der Waals surface area contributed by atoms with Crippen LogP contribution in [0.3, 0.4) is 0 Å². The highest BCUT2D eigenvalue weighted by Gasteiger charge is 2.10. The summed E-state index contributed by atoms with van der Waals surface area (Å²) < 4.78 is 15.2. The average Bonchev–Trinajstić information content (AvgIpc) is 3.05. The quantitative estimate of drug-likeness (QED) is 0.537. The summed E-state index contributed by atoms with van der Waals surface area (Å²) in [6, 6.07) is 16.7. The Bertz CT molecular complexity index is 830. The Labute approximate surface area is 172 Å². The molecule has 0 amide bonds. The Morgan fingerprint density at radius 3 is 2.37 bits per heavy atom. The van der Waals surface area contributed by atoms with E-state index < -0.39 is 0 Å². The molecule has 0 radical (unpaired) electrons. The van der Waals surface area contributed by atoms with E-state index in [2.05, 4.69) is 33.1 Å². The molecule has 0 atom stereocenters. The Morgan fingerprint density at radius 1 is 1.00 bits per heavy atom. The lowest BCUT2D eigenvalue weighted by molar-refractivity contribution is 0.610. The van der Waals surface area contributed by atoms with Crippen LogP contribution in [0.4, 0.5) is 4.39 Å². The molecule has 0 bridgehead atoms. The van der Waals surface area contributed by atoms with Crippen LogP contribution in [0.1, 0.15) is 17.7 Å². The van der Waals surface area contributed by atoms with Crippen molar-refractivity contribution in [2.75, 3.05) is 13.6 Å². The van der Waals surface area contributed by atoms with Crippen molar-refractivity contribution in [1.82, 2.24) is 14.9 Å². The standard InChI is InChI=1S/C21H22FN3.2ClH/c1-23-14-5-15-25-16-24-21(18-6-3-2-4-7-18)20(25)13-10-17-8-11-19(22)12-9-17;;/h2-4,6-13,16,23H,5,14-15H2,1H3;2*1H/b13-10+;;. The number of benzene rings is 2. The number of hydrogen-bond acceptors (Lipinski definition) is 2. The van der Waals surface area contributed by atoms with E-state index in [1.165, 1.54) is 12.1 Å². The minimum Gasteiger partial charge on any atom is -0.331 e. The first-order chi connectivity index (χ1) is 12.3. The van der Waals surface area contributed by atoms with Gasteiger partial charge in [0.15, 0.2) is 0 Å². The van der Waals surface area contributed by atoms with Gasteiger partial charge in [-0.1, -0.05) is 48.5 Å². The lowest BCUT2D eigenvalue weighted by Gasteiger charge is -2.07. The molecule has 3 rings (SSSR count). The molecular formula is C21H24Cl2FN3. The highest BCUT2D eigenvalue weighted by Crippen LogP contribution is 2.24. The average molecular weight is 408 g/mol. The van der Waals surface area contributed by atoms with Gasteiger partial charge in [0.1, 0.15) is 5.82 Å². The zero-order valence-corrected chi connectivity index (χ0v) is 16.8. The Morgan fingerprint density at radius 2 is 1.70 bits per heavy atom. The predicted octanol–water partition coefficient (Wildman–Crippen LogP) is 5.31. The molecule has 0 saturated carbocycles. The van der Waals surface area contributed by atoms with Gasteiger partial charge in [0.05, 0.1) is 17.7 Å². The zero-order chi connectivity index (χ0) is 17.5. The van der Waals surface area contributed by atoms with E-state index in [1.54, 1.807) is 12.1 Å². The molecule has 0 aliphatic heterocycles. The minimum atomic E-state index is -0.223.